The number of rotatable bonds is 6. The van der Waals surface area contributed by atoms with Gasteiger partial charge in [0.1, 0.15) is 17.2 Å². The number of halogens is 1. The van der Waals surface area contributed by atoms with Crippen molar-refractivity contribution in [3.63, 3.8) is 0 Å². The van der Waals surface area contributed by atoms with Gasteiger partial charge in [-0.05, 0) is 80.4 Å². The predicted molar refractivity (Wildman–Crippen MR) is 114 cm³/mol. The molecule has 0 radical (unpaired) electrons. The lowest BCUT2D eigenvalue weighted by atomic mass is 10.2. The van der Waals surface area contributed by atoms with Crippen LogP contribution >= 0.6 is 11.6 Å². The van der Waals surface area contributed by atoms with E-state index in [1.165, 1.54) is 0 Å². The van der Waals surface area contributed by atoms with Gasteiger partial charge >= 0.3 is 5.97 Å². The Kier molecular flexibility index (Phi) is 6.62. The summed E-state index contributed by atoms with van der Waals surface area (Å²) < 4.78 is 10.9. The van der Waals surface area contributed by atoms with Gasteiger partial charge in [-0.1, -0.05) is 23.7 Å². The molecule has 0 spiro atoms. The summed E-state index contributed by atoms with van der Waals surface area (Å²) in [6.45, 7) is 6.24. The molecule has 3 aromatic carbocycles. The maximum Gasteiger partial charge on any atom is 0.343 e. The van der Waals surface area contributed by atoms with Crippen LogP contribution in [0.1, 0.15) is 28.4 Å². The number of aryl methyl sites for hydroxylation is 2. The average Bonchev–Trinajstić information content (AvgIpc) is 2.71. The van der Waals surface area contributed by atoms with Crippen LogP contribution in [0.25, 0.3) is 0 Å². The lowest BCUT2D eigenvalue weighted by molar-refractivity contribution is 0.0733. The Hall–Kier alpha value is -3.18. The second-order valence-corrected chi connectivity index (χ2v) is 6.78. The highest BCUT2D eigenvalue weighted by molar-refractivity contribution is 6.33. The molecule has 0 saturated carbocycles. The zero-order chi connectivity index (χ0) is 20.8. The van der Waals surface area contributed by atoms with Crippen molar-refractivity contribution >= 4 is 28.9 Å². The smallest absolute Gasteiger partial charge is 0.343 e. The van der Waals surface area contributed by atoms with Crippen LogP contribution in [-0.4, -0.2) is 12.6 Å². The molecule has 0 fully saturated rings. The SMILES string of the molecule is CCOc1ccc(C(=O)Oc2ccc(N=Nc3cccc(C)c3Cl)cc2C)cc1. The average molecular weight is 409 g/mol. The Morgan fingerprint density at radius 2 is 1.72 bits per heavy atom. The van der Waals surface area contributed by atoms with E-state index in [9.17, 15) is 4.79 Å². The highest BCUT2D eigenvalue weighted by Gasteiger charge is 2.11. The molecule has 5 nitrogen and oxygen atoms in total. The van der Waals surface area contributed by atoms with E-state index in [-0.39, 0.29) is 0 Å². The summed E-state index contributed by atoms with van der Waals surface area (Å²) in [5.41, 5.74) is 3.41. The lowest BCUT2D eigenvalue weighted by Gasteiger charge is -2.08. The van der Waals surface area contributed by atoms with Gasteiger partial charge < -0.3 is 9.47 Å². The quantitative estimate of drug-likeness (QED) is 0.251. The highest BCUT2D eigenvalue weighted by atomic mass is 35.5. The van der Waals surface area contributed by atoms with Gasteiger partial charge in [0.05, 0.1) is 22.9 Å². The number of ether oxygens (including phenoxy) is 2. The van der Waals surface area contributed by atoms with Crippen molar-refractivity contribution < 1.29 is 14.3 Å². The Balaban J connectivity index is 1.71. The Labute approximate surface area is 175 Å². The first kappa shape index (κ1) is 20.6. The molecule has 0 atom stereocenters. The summed E-state index contributed by atoms with van der Waals surface area (Å²) >= 11 is 6.24. The van der Waals surface area contributed by atoms with E-state index in [0.717, 1.165) is 11.1 Å². The number of carbonyl (C=O) groups excluding carboxylic acids is 1. The second kappa shape index (κ2) is 9.34. The molecule has 0 aliphatic heterocycles. The third kappa shape index (κ3) is 5.21. The number of hydrogen-bond donors (Lipinski definition) is 0. The molecule has 3 aromatic rings. The molecule has 0 saturated heterocycles. The first-order valence-corrected chi connectivity index (χ1v) is 9.58. The predicted octanol–water partition coefficient (Wildman–Crippen LogP) is 6.99. The fraction of sp³-hybridized carbons (Fsp3) is 0.174. The summed E-state index contributed by atoms with van der Waals surface area (Å²) in [6, 6.07) is 17.7. The molecule has 0 aliphatic rings. The number of benzene rings is 3. The maximum atomic E-state index is 12.4. The molecule has 0 amide bonds. The lowest BCUT2D eigenvalue weighted by Crippen LogP contribution is -2.09. The van der Waals surface area contributed by atoms with Gasteiger partial charge in [-0.3, -0.25) is 0 Å². The van der Waals surface area contributed by atoms with E-state index >= 15 is 0 Å². The van der Waals surface area contributed by atoms with Crippen LogP contribution in [0.15, 0.2) is 70.9 Å². The molecule has 0 heterocycles. The van der Waals surface area contributed by atoms with Crippen LogP contribution in [0, 0.1) is 13.8 Å². The number of hydrogen-bond acceptors (Lipinski definition) is 5. The van der Waals surface area contributed by atoms with Gasteiger partial charge in [-0.15, -0.1) is 5.11 Å². The maximum absolute atomic E-state index is 12.4. The molecule has 0 N–H and O–H groups in total. The fourth-order valence-corrected chi connectivity index (χ4v) is 2.81. The van der Waals surface area contributed by atoms with E-state index in [2.05, 4.69) is 10.2 Å². The number of esters is 1. The molecule has 0 aliphatic carbocycles. The standard InChI is InChI=1S/C23H21ClN2O3/c1-4-28-19-11-8-17(9-12-19)23(27)29-21-13-10-18(14-16(21)3)25-26-20-7-5-6-15(2)22(20)24/h5-14H,4H2,1-3H3. The largest absolute Gasteiger partial charge is 0.494 e. The third-order valence-electron chi connectivity index (χ3n) is 4.21. The van der Waals surface area contributed by atoms with Crippen LogP contribution in [-0.2, 0) is 0 Å². The molecule has 6 heteroatoms. The van der Waals surface area contributed by atoms with Crippen molar-refractivity contribution in [2.24, 2.45) is 10.2 Å². The van der Waals surface area contributed by atoms with Crippen molar-refractivity contribution in [3.8, 4) is 11.5 Å². The summed E-state index contributed by atoms with van der Waals surface area (Å²) in [5, 5.41) is 9.02. The van der Waals surface area contributed by atoms with Gasteiger partial charge in [0.25, 0.3) is 0 Å². The van der Waals surface area contributed by atoms with E-state index < -0.39 is 5.97 Å². The number of carbonyl (C=O) groups is 1. The van der Waals surface area contributed by atoms with Crippen molar-refractivity contribution in [1.82, 2.24) is 0 Å². The third-order valence-corrected chi connectivity index (χ3v) is 4.70. The highest BCUT2D eigenvalue weighted by Crippen LogP contribution is 2.30. The van der Waals surface area contributed by atoms with Gasteiger partial charge in [-0.25, -0.2) is 4.79 Å². The Morgan fingerprint density at radius 1 is 0.966 bits per heavy atom. The zero-order valence-corrected chi connectivity index (χ0v) is 17.2. The van der Waals surface area contributed by atoms with Gasteiger partial charge in [-0.2, -0.15) is 5.11 Å². The molecular weight excluding hydrogens is 388 g/mol. The van der Waals surface area contributed by atoms with E-state index in [0.29, 0.717) is 40.1 Å². The van der Waals surface area contributed by atoms with Gasteiger partial charge in [0, 0.05) is 0 Å². The van der Waals surface area contributed by atoms with Crippen LogP contribution in [0.4, 0.5) is 11.4 Å². The minimum absolute atomic E-state index is 0.433. The van der Waals surface area contributed by atoms with Crippen LogP contribution in [0.2, 0.25) is 5.02 Å². The van der Waals surface area contributed by atoms with Gasteiger partial charge in [0.2, 0.25) is 0 Å². The van der Waals surface area contributed by atoms with Crippen molar-refractivity contribution in [2.75, 3.05) is 6.61 Å². The van der Waals surface area contributed by atoms with Crippen molar-refractivity contribution in [2.45, 2.75) is 20.8 Å². The normalized spacial score (nSPS) is 10.9. The van der Waals surface area contributed by atoms with Crippen LogP contribution in [0.3, 0.4) is 0 Å². The minimum Gasteiger partial charge on any atom is -0.494 e. The second-order valence-electron chi connectivity index (χ2n) is 6.40. The Bertz CT molecular complexity index is 1050. The monoisotopic (exact) mass is 408 g/mol. The van der Waals surface area contributed by atoms with Crippen molar-refractivity contribution in [3.05, 3.63) is 82.4 Å². The molecule has 148 valence electrons. The Morgan fingerprint density at radius 3 is 2.41 bits per heavy atom. The number of nitrogens with zero attached hydrogens (tertiary/aromatic N) is 2. The van der Waals surface area contributed by atoms with Crippen LogP contribution in [0.5, 0.6) is 11.5 Å². The van der Waals surface area contributed by atoms with E-state index in [4.69, 9.17) is 21.1 Å². The topological polar surface area (TPSA) is 60.2 Å². The zero-order valence-electron chi connectivity index (χ0n) is 16.5. The first-order chi connectivity index (χ1) is 14.0. The van der Waals surface area contributed by atoms with Gasteiger partial charge in [0.15, 0.2) is 0 Å². The molecular formula is C23H21ClN2O3. The van der Waals surface area contributed by atoms with E-state index in [1.807, 2.05) is 32.9 Å². The first-order valence-electron chi connectivity index (χ1n) is 9.20. The summed E-state index contributed by atoms with van der Waals surface area (Å²) in [6.07, 6.45) is 0. The molecule has 3 rings (SSSR count). The molecule has 29 heavy (non-hydrogen) atoms. The number of azo groups is 1. The fourth-order valence-electron chi connectivity index (χ4n) is 2.64. The molecule has 0 unspecified atom stereocenters. The minimum atomic E-state index is -0.433. The van der Waals surface area contributed by atoms with E-state index in [1.54, 1.807) is 48.5 Å². The summed E-state index contributed by atoms with van der Waals surface area (Å²) in [7, 11) is 0. The van der Waals surface area contributed by atoms with Crippen LogP contribution < -0.4 is 9.47 Å². The van der Waals surface area contributed by atoms with Crippen molar-refractivity contribution in [1.29, 1.82) is 0 Å². The summed E-state index contributed by atoms with van der Waals surface area (Å²) in [4.78, 5) is 12.4. The summed E-state index contributed by atoms with van der Waals surface area (Å²) in [5.74, 6) is 0.747. The molecule has 0 bridgehead atoms. The molecule has 0 aromatic heterocycles.